The van der Waals surface area contributed by atoms with E-state index in [4.69, 9.17) is 9.98 Å². The Hall–Kier alpha value is -7.21. The molecule has 2 heterocycles. The fourth-order valence-electron chi connectivity index (χ4n) is 8.64. The fourth-order valence-corrected chi connectivity index (χ4v) is 9.88. The standard InChI is InChI=1S/C52H34N4S/c1-53-51(34-16-4-2-5-17-34)55-52(35-18-6-3-7-19-35)54-32-33-30-44-38-22-9-8-20-36(38)37-21-10-11-25-41(37)48(44)46(31-33)56-45-26-14-12-23-39(45)42-28-29-43-40-24-13-15-27-47(40)57-50(43)49(42)56/h2-31H,1,32H2. The largest absolute Gasteiger partial charge is 0.307 e. The van der Waals surface area contributed by atoms with Gasteiger partial charge in [0.15, 0.2) is 11.7 Å². The maximum atomic E-state index is 5.29. The monoisotopic (exact) mass is 746 g/mol. The van der Waals surface area contributed by atoms with Crippen LogP contribution in [0.3, 0.4) is 0 Å². The average Bonchev–Trinajstić information content (AvgIpc) is 3.83. The molecule has 57 heavy (non-hydrogen) atoms. The number of nitrogens with zero attached hydrogens (tertiary/aromatic N) is 4. The third kappa shape index (κ3) is 5.39. The van der Waals surface area contributed by atoms with Crippen LogP contribution in [-0.2, 0) is 6.54 Å². The van der Waals surface area contributed by atoms with Crippen LogP contribution in [0.15, 0.2) is 197 Å². The van der Waals surface area contributed by atoms with Gasteiger partial charge in [0.2, 0.25) is 0 Å². The molecule has 0 bridgehead atoms. The van der Waals surface area contributed by atoms with Gasteiger partial charge < -0.3 is 4.57 Å². The molecule has 0 spiro atoms. The Bertz CT molecular complexity index is 3450. The highest BCUT2D eigenvalue weighted by molar-refractivity contribution is 7.26. The minimum atomic E-state index is 0.409. The highest BCUT2D eigenvalue weighted by atomic mass is 32.1. The summed E-state index contributed by atoms with van der Waals surface area (Å²) >= 11 is 1.88. The number of hydrogen-bond donors (Lipinski definition) is 0. The van der Waals surface area contributed by atoms with Gasteiger partial charge in [0.05, 0.1) is 28.0 Å². The molecule has 2 aromatic heterocycles. The van der Waals surface area contributed by atoms with Crippen LogP contribution in [0.5, 0.6) is 0 Å². The number of benzene rings is 9. The second kappa shape index (κ2) is 13.5. The van der Waals surface area contributed by atoms with Crippen molar-refractivity contribution in [3.63, 3.8) is 0 Å². The molecule has 9 aromatic carbocycles. The molecule has 0 saturated heterocycles. The third-order valence-corrected chi connectivity index (χ3v) is 12.3. The van der Waals surface area contributed by atoms with Crippen LogP contribution >= 0.6 is 11.3 Å². The first kappa shape index (κ1) is 33.2. The molecule has 11 aromatic rings. The smallest absolute Gasteiger partial charge is 0.161 e. The molecule has 0 N–H and O–H groups in total. The summed E-state index contributed by atoms with van der Waals surface area (Å²) in [4.78, 5) is 14.7. The number of hydrogen-bond acceptors (Lipinski definition) is 2. The molecule has 0 amide bonds. The molecule has 5 heteroatoms. The van der Waals surface area contributed by atoms with E-state index in [0.717, 1.165) is 22.4 Å². The maximum absolute atomic E-state index is 5.29. The van der Waals surface area contributed by atoms with E-state index in [2.05, 4.69) is 138 Å². The van der Waals surface area contributed by atoms with Crippen molar-refractivity contribution in [1.29, 1.82) is 0 Å². The molecule has 4 nitrogen and oxygen atoms in total. The SMILES string of the molecule is C=NC(=NC(=NCc1cc(-n2c3ccccc3c3ccc4c5ccccc5sc4c32)c2c3ccccc3c3ccccc3c2c1)c1ccccc1)c1ccccc1. The molecule has 0 radical (unpaired) electrons. The topological polar surface area (TPSA) is 42.0 Å². The average molecular weight is 747 g/mol. The quantitative estimate of drug-likeness (QED) is 0.0956. The summed E-state index contributed by atoms with van der Waals surface area (Å²) < 4.78 is 5.11. The number of aliphatic imine (C=N–C) groups is 3. The summed E-state index contributed by atoms with van der Waals surface area (Å²) in [6.45, 7) is 4.29. The summed E-state index contributed by atoms with van der Waals surface area (Å²) in [5.74, 6) is 1.14. The summed E-state index contributed by atoms with van der Waals surface area (Å²) in [5, 5.41) is 12.4. The fraction of sp³-hybridized carbons (Fsp3) is 0.0192. The van der Waals surface area contributed by atoms with Crippen LogP contribution in [0, 0.1) is 0 Å². The van der Waals surface area contributed by atoms with E-state index in [9.17, 15) is 0 Å². The lowest BCUT2D eigenvalue weighted by molar-refractivity contribution is 1.06. The summed E-state index contributed by atoms with van der Waals surface area (Å²) in [5.41, 5.74) is 6.44. The van der Waals surface area contributed by atoms with Crippen molar-refractivity contribution in [2.24, 2.45) is 15.0 Å². The van der Waals surface area contributed by atoms with Crippen LogP contribution < -0.4 is 0 Å². The highest BCUT2D eigenvalue weighted by Gasteiger charge is 2.21. The number of fused-ring (bicyclic) bond motifs is 13. The van der Waals surface area contributed by atoms with Gasteiger partial charge in [0.1, 0.15) is 0 Å². The molecule has 0 atom stereocenters. The van der Waals surface area contributed by atoms with Gasteiger partial charge >= 0.3 is 0 Å². The summed E-state index contributed by atoms with van der Waals surface area (Å²) in [6, 6.07) is 64.7. The lowest BCUT2D eigenvalue weighted by Crippen LogP contribution is -2.05. The number of rotatable bonds is 5. The Morgan fingerprint density at radius 3 is 1.77 bits per heavy atom. The number of aromatic nitrogens is 1. The molecule has 0 unspecified atom stereocenters. The Morgan fingerprint density at radius 1 is 0.491 bits per heavy atom. The van der Waals surface area contributed by atoms with Crippen molar-refractivity contribution in [2.45, 2.75) is 6.54 Å². The zero-order chi connectivity index (χ0) is 37.9. The van der Waals surface area contributed by atoms with E-state index in [1.54, 1.807) is 0 Å². The first-order valence-electron chi connectivity index (χ1n) is 19.2. The number of thiophene rings is 1. The van der Waals surface area contributed by atoms with Crippen LogP contribution in [-0.4, -0.2) is 23.0 Å². The molecule has 0 aliphatic heterocycles. The molecule has 0 aliphatic rings. The van der Waals surface area contributed by atoms with Crippen LogP contribution in [0.2, 0.25) is 0 Å². The van der Waals surface area contributed by atoms with E-state index in [0.29, 0.717) is 18.2 Å². The third-order valence-electron chi connectivity index (χ3n) is 11.1. The van der Waals surface area contributed by atoms with Crippen molar-refractivity contribution in [2.75, 3.05) is 0 Å². The summed E-state index contributed by atoms with van der Waals surface area (Å²) in [7, 11) is 0. The maximum Gasteiger partial charge on any atom is 0.161 e. The highest BCUT2D eigenvalue weighted by Crippen LogP contribution is 2.46. The molecule has 0 aliphatic carbocycles. The first-order chi connectivity index (χ1) is 28.2. The van der Waals surface area contributed by atoms with Gasteiger partial charge in [-0.2, -0.15) is 0 Å². The molecule has 0 fully saturated rings. The number of para-hydroxylation sites is 1. The van der Waals surface area contributed by atoms with Crippen molar-refractivity contribution < 1.29 is 0 Å². The summed E-state index contributed by atoms with van der Waals surface area (Å²) in [6.07, 6.45) is 0. The van der Waals surface area contributed by atoms with Gasteiger partial charge in [-0.15, -0.1) is 11.3 Å². The number of amidine groups is 2. The van der Waals surface area contributed by atoms with Gasteiger partial charge in [0, 0.05) is 42.8 Å². The Labute approximate surface area is 333 Å². The Morgan fingerprint density at radius 2 is 1.05 bits per heavy atom. The molecule has 11 rings (SSSR count). The van der Waals surface area contributed by atoms with E-state index < -0.39 is 0 Å². The molecule has 0 saturated carbocycles. The van der Waals surface area contributed by atoms with Crippen molar-refractivity contribution >= 4 is 104 Å². The molecular weight excluding hydrogens is 713 g/mol. The molecular formula is C52H34N4S. The van der Waals surface area contributed by atoms with Crippen molar-refractivity contribution in [3.8, 4) is 5.69 Å². The minimum Gasteiger partial charge on any atom is -0.307 e. The van der Waals surface area contributed by atoms with Crippen LogP contribution in [0.25, 0.3) is 80.0 Å². The van der Waals surface area contributed by atoms with E-state index >= 15 is 0 Å². The van der Waals surface area contributed by atoms with E-state index in [1.165, 1.54) is 74.3 Å². The van der Waals surface area contributed by atoms with Crippen LogP contribution in [0.1, 0.15) is 16.7 Å². The zero-order valence-corrected chi connectivity index (χ0v) is 31.7. The Kier molecular flexibility index (Phi) is 7.86. The van der Waals surface area contributed by atoms with Gasteiger partial charge in [-0.1, -0.05) is 158 Å². The minimum absolute atomic E-state index is 0.409. The second-order valence-electron chi connectivity index (χ2n) is 14.4. The van der Waals surface area contributed by atoms with Crippen molar-refractivity contribution in [1.82, 2.24) is 4.57 Å². The second-order valence-corrected chi connectivity index (χ2v) is 15.4. The van der Waals surface area contributed by atoms with E-state index in [-0.39, 0.29) is 0 Å². The van der Waals surface area contributed by atoms with Crippen molar-refractivity contribution in [3.05, 3.63) is 199 Å². The lowest BCUT2D eigenvalue weighted by atomic mass is 9.92. The van der Waals surface area contributed by atoms with Crippen LogP contribution in [0.4, 0.5) is 0 Å². The van der Waals surface area contributed by atoms with Gasteiger partial charge in [-0.05, 0) is 63.5 Å². The molecule has 268 valence electrons. The van der Waals surface area contributed by atoms with Gasteiger partial charge in [-0.3, -0.25) is 4.99 Å². The normalized spacial score (nSPS) is 12.6. The van der Waals surface area contributed by atoms with E-state index in [1.807, 2.05) is 72.0 Å². The zero-order valence-electron chi connectivity index (χ0n) is 30.9. The first-order valence-corrected chi connectivity index (χ1v) is 20.0. The predicted molar refractivity (Wildman–Crippen MR) is 245 cm³/mol. The van der Waals surface area contributed by atoms with Gasteiger partial charge in [0.25, 0.3) is 0 Å². The van der Waals surface area contributed by atoms with Gasteiger partial charge in [-0.25, -0.2) is 9.98 Å². The lowest BCUT2D eigenvalue weighted by Gasteiger charge is -2.18. The predicted octanol–water partition coefficient (Wildman–Crippen LogP) is 13.7. The Balaban J connectivity index is 1.25.